The van der Waals surface area contributed by atoms with Crippen LogP contribution in [0.3, 0.4) is 0 Å². The summed E-state index contributed by atoms with van der Waals surface area (Å²) in [4.78, 5) is 0. The van der Waals surface area contributed by atoms with Gasteiger partial charge in [-0.3, -0.25) is 0 Å². The third-order valence-electron chi connectivity index (χ3n) is 3.16. The van der Waals surface area contributed by atoms with Gasteiger partial charge < -0.3 is 5.73 Å². The predicted molar refractivity (Wildman–Crippen MR) is 62.5 cm³/mol. The first-order valence-corrected chi connectivity index (χ1v) is 5.28. The lowest BCUT2D eigenvalue weighted by Crippen LogP contribution is -2.18. The lowest BCUT2D eigenvalue weighted by Gasteiger charge is -2.18. The first-order valence-electron chi connectivity index (χ1n) is 5.28. The molecule has 1 saturated carbocycles. The molecule has 1 aliphatic carbocycles. The summed E-state index contributed by atoms with van der Waals surface area (Å²) in [5.74, 6) is 0.410. The van der Waals surface area contributed by atoms with Crippen molar-refractivity contribution in [3.05, 3.63) is 35.6 Å². The molecule has 84 valence electrons. The van der Waals surface area contributed by atoms with Gasteiger partial charge in [-0.05, 0) is 36.5 Å². The van der Waals surface area contributed by atoms with Gasteiger partial charge >= 0.3 is 0 Å². The molecule has 0 aliphatic heterocycles. The van der Waals surface area contributed by atoms with Crippen LogP contribution in [0, 0.1) is 11.7 Å². The molecular weight excluding hydrogens is 213 g/mol. The normalized spacial score (nSPS) is 18.5. The molecule has 1 fully saturated rings. The van der Waals surface area contributed by atoms with E-state index in [2.05, 4.69) is 0 Å². The minimum absolute atomic E-state index is 0. The van der Waals surface area contributed by atoms with Gasteiger partial charge in [0.25, 0.3) is 0 Å². The minimum Gasteiger partial charge on any atom is -0.324 e. The Morgan fingerprint density at radius 1 is 1.13 bits per heavy atom. The monoisotopic (exact) mass is 229 g/mol. The Kier molecular flexibility index (Phi) is 4.55. The van der Waals surface area contributed by atoms with E-state index in [-0.39, 0.29) is 24.3 Å². The van der Waals surface area contributed by atoms with Crippen LogP contribution in [0.4, 0.5) is 4.39 Å². The van der Waals surface area contributed by atoms with Crippen LogP contribution in [-0.4, -0.2) is 0 Å². The topological polar surface area (TPSA) is 26.0 Å². The summed E-state index contributed by atoms with van der Waals surface area (Å²) in [5, 5.41) is 0. The van der Waals surface area contributed by atoms with E-state index in [0.717, 1.165) is 5.56 Å². The van der Waals surface area contributed by atoms with E-state index in [9.17, 15) is 4.39 Å². The van der Waals surface area contributed by atoms with E-state index in [1.807, 2.05) is 0 Å². The van der Waals surface area contributed by atoms with Crippen molar-refractivity contribution < 1.29 is 4.39 Å². The van der Waals surface area contributed by atoms with Crippen LogP contribution in [0.2, 0.25) is 0 Å². The highest BCUT2D eigenvalue weighted by Gasteiger charge is 2.22. The number of hydrogen-bond donors (Lipinski definition) is 1. The standard InChI is InChI=1S/C12H16FN.ClH/c13-11-7-5-10(6-8-11)12(14)9-3-1-2-4-9;/h5-9,12H,1-4,14H2;1H/t12-;/m1./s1. The van der Waals surface area contributed by atoms with Gasteiger partial charge in [-0.15, -0.1) is 12.4 Å². The molecule has 0 aromatic heterocycles. The second-order valence-corrected chi connectivity index (χ2v) is 4.12. The molecule has 1 aliphatic rings. The minimum atomic E-state index is -0.188. The highest BCUT2D eigenvalue weighted by molar-refractivity contribution is 5.85. The molecule has 1 atom stereocenters. The zero-order chi connectivity index (χ0) is 9.97. The smallest absolute Gasteiger partial charge is 0.123 e. The van der Waals surface area contributed by atoms with E-state index < -0.39 is 0 Å². The maximum absolute atomic E-state index is 12.7. The second kappa shape index (κ2) is 5.47. The molecule has 3 heteroatoms. The summed E-state index contributed by atoms with van der Waals surface area (Å²) in [5.41, 5.74) is 7.20. The summed E-state index contributed by atoms with van der Waals surface area (Å²) < 4.78 is 12.7. The second-order valence-electron chi connectivity index (χ2n) is 4.12. The molecule has 2 N–H and O–H groups in total. The van der Waals surface area contributed by atoms with Gasteiger partial charge in [0, 0.05) is 6.04 Å². The fourth-order valence-electron chi connectivity index (χ4n) is 2.27. The number of hydrogen-bond acceptors (Lipinski definition) is 1. The molecule has 15 heavy (non-hydrogen) atoms. The van der Waals surface area contributed by atoms with Crippen LogP contribution in [0.15, 0.2) is 24.3 Å². The van der Waals surface area contributed by atoms with Crippen LogP contribution >= 0.6 is 12.4 Å². The van der Waals surface area contributed by atoms with Crippen LogP contribution in [0.5, 0.6) is 0 Å². The van der Waals surface area contributed by atoms with Gasteiger partial charge in [0.2, 0.25) is 0 Å². The number of benzene rings is 1. The summed E-state index contributed by atoms with van der Waals surface area (Å²) in [6.07, 6.45) is 5.02. The van der Waals surface area contributed by atoms with Gasteiger partial charge in [-0.1, -0.05) is 25.0 Å². The van der Waals surface area contributed by atoms with Crippen molar-refractivity contribution in [1.29, 1.82) is 0 Å². The van der Waals surface area contributed by atoms with Crippen LogP contribution in [-0.2, 0) is 0 Å². The molecule has 0 unspecified atom stereocenters. The third kappa shape index (κ3) is 2.93. The van der Waals surface area contributed by atoms with Gasteiger partial charge in [0.1, 0.15) is 5.82 Å². The number of halogens is 2. The molecule has 0 bridgehead atoms. The van der Waals surface area contributed by atoms with Crippen molar-refractivity contribution in [3.8, 4) is 0 Å². The summed E-state index contributed by atoms with van der Waals surface area (Å²) in [6, 6.07) is 6.68. The number of nitrogens with two attached hydrogens (primary N) is 1. The quantitative estimate of drug-likeness (QED) is 0.826. The molecule has 0 heterocycles. The van der Waals surface area contributed by atoms with E-state index in [1.165, 1.54) is 37.8 Å². The van der Waals surface area contributed by atoms with Crippen molar-refractivity contribution in [3.63, 3.8) is 0 Å². The van der Waals surface area contributed by atoms with E-state index in [1.54, 1.807) is 12.1 Å². The molecule has 1 aromatic rings. The Morgan fingerprint density at radius 3 is 2.20 bits per heavy atom. The van der Waals surface area contributed by atoms with E-state index >= 15 is 0 Å². The summed E-state index contributed by atoms with van der Waals surface area (Å²) >= 11 is 0. The van der Waals surface area contributed by atoms with E-state index in [4.69, 9.17) is 5.73 Å². The Hall–Kier alpha value is -0.600. The Morgan fingerprint density at radius 2 is 1.67 bits per heavy atom. The summed E-state index contributed by atoms with van der Waals surface area (Å²) in [7, 11) is 0. The van der Waals surface area contributed by atoms with Gasteiger partial charge in [-0.2, -0.15) is 0 Å². The zero-order valence-electron chi connectivity index (χ0n) is 8.66. The molecule has 2 rings (SSSR count). The molecule has 1 aromatic carbocycles. The molecule has 0 spiro atoms. The van der Waals surface area contributed by atoms with Gasteiger partial charge in [-0.25, -0.2) is 4.39 Å². The largest absolute Gasteiger partial charge is 0.324 e. The SMILES string of the molecule is Cl.N[C@@H](c1ccc(F)cc1)C1CCCC1. The van der Waals surface area contributed by atoms with Crippen LogP contribution in [0.25, 0.3) is 0 Å². The first kappa shape index (κ1) is 12.5. The predicted octanol–water partition coefficient (Wildman–Crippen LogP) is 3.44. The molecule has 1 nitrogen and oxygen atoms in total. The third-order valence-corrected chi connectivity index (χ3v) is 3.16. The van der Waals surface area contributed by atoms with Crippen LogP contribution < -0.4 is 5.73 Å². The highest BCUT2D eigenvalue weighted by Crippen LogP contribution is 2.33. The maximum Gasteiger partial charge on any atom is 0.123 e. The molecular formula is C12H17ClFN. The van der Waals surface area contributed by atoms with E-state index in [0.29, 0.717) is 5.92 Å². The van der Waals surface area contributed by atoms with Gasteiger partial charge in [0.15, 0.2) is 0 Å². The summed E-state index contributed by atoms with van der Waals surface area (Å²) in [6.45, 7) is 0. The van der Waals surface area contributed by atoms with Gasteiger partial charge in [0.05, 0.1) is 0 Å². The Balaban J connectivity index is 0.00000112. The zero-order valence-corrected chi connectivity index (χ0v) is 9.47. The fourth-order valence-corrected chi connectivity index (χ4v) is 2.27. The van der Waals surface area contributed by atoms with Crippen LogP contribution in [0.1, 0.15) is 37.3 Å². The lowest BCUT2D eigenvalue weighted by molar-refractivity contribution is 0.444. The average Bonchev–Trinajstić information content (AvgIpc) is 2.71. The Labute approximate surface area is 96.3 Å². The highest BCUT2D eigenvalue weighted by atomic mass is 35.5. The average molecular weight is 230 g/mol. The van der Waals surface area contributed by atoms with Crippen molar-refractivity contribution in [2.24, 2.45) is 11.7 Å². The Bertz CT molecular complexity index is 293. The lowest BCUT2D eigenvalue weighted by atomic mass is 9.93. The fraction of sp³-hybridized carbons (Fsp3) is 0.500. The van der Waals surface area contributed by atoms with Crippen molar-refractivity contribution in [2.75, 3.05) is 0 Å². The van der Waals surface area contributed by atoms with Crippen molar-refractivity contribution in [2.45, 2.75) is 31.7 Å². The maximum atomic E-state index is 12.7. The first-order chi connectivity index (χ1) is 6.77. The molecule has 0 radical (unpaired) electrons. The molecule has 0 amide bonds. The molecule has 0 saturated heterocycles. The number of rotatable bonds is 2. The van der Waals surface area contributed by atoms with Crippen molar-refractivity contribution >= 4 is 12.4 Å². The van der Waals surface area contributed by atoms with Crippen molar-refractivity contribution in [1.82, 2.24) is 0 Å².